The molecule has 0 amide bonds. The minimum absolute atomic E-state index is 0.450. The third kappa shape index (κ3) is 4.19. The average molecular weight is 429 g/mol. The summed E-state index contributed by atoms with van der Waals surface area (Å²) in [5.41, 5.74) is 0.941. The fourth-order valence-corrected chi connectivity index (χ4v) is 9.93. The van der Waals surface area contributed by atoms with Crippen molar-refractivity contribution in [3.8, 4) is 0 Å². The molecular formula is C30H52O. The molecule has 0 aromatic rings. The molecule has 0 aromatic heterocycles. The molecule has 0 saturated heterocycles. The van der Waals surface area contributed by atoms with Crippen LogP contribution in [0.3, 0.4) is 0 Å². The molecule has 178 valence electrons. The molecule has 0 radical (unpaired) electrons. The van der Waals surface area contributed by atoms with Gasteiger partial charge in [0, 0.05) is 12.8 Å². The van der Waals surface area contributed by atoms with Crippen LogP contribution in [0.25, 0.3) is 0 Å². The molecule has 0 bridgehead atoms. The van der Waals surface area contributed by atoms with Crippen LogP contribution in [0.4, 0.5) is 0 Å². The van der Waals surface area contributed by atoms with Crippen LogP contribution in [0.15, 0.2) is 0 Å². The van der Waals surface area contributed by atoms with Crippen molar-refractivity contribution in [2.75, 3.05) is 0 Å². The van der Waals surface area contributed by atoms with Gasteiger partial charge in [-0.05, 0) is 103 Å². The highest BCUT2D eigenvalue weighted by molar-refractivity contribution is 5.79. The number of hydrogen-bond acceptors (Lipinski definition) is 1. The van der Waals surface area contributed by atoms with E-state index in [1.54, 1.807) is 0 Å². The van der Waals surface area contributed by atoms with Crippen LogP contribution in [-0.2, 0) is 4.79 Å². The molecule has 31 heavy (non-hydrogen) atoms. The Morgan fingerprint density at radius 3 is 2.32 bits per heavy atom. The van der Waals surface area contributed by atoms with Crippen LogP contribution in [0.5, 0.6) is 0 Å². The summed E-state index contributed by atoms with van der Waals surface area (Å²) in [4.78, 5) is 13.1. The number of Topliss-reactive ketones (excluding diaryl/α,β-unsaturated/α-hetero) is 1. The van der Waals surface area contributed by atoms with Gasteiger partial charge in [-0.1, -0.05) is 67.2 Å². The monoisotopic (exact) mass is 428 g/mol. The minimum atomic E-state index is 0.450. The van der Waals surface area contributed by atoms with Crippen molar-refractivity contribution in [1.29, 1.82) is 0 Å². The Hall–Kier alpha value is -0.330. The molecular weight excluding hydrogens is 376 g/mol. The maximum Gasteiger partial charge on any atom is 0.133 e. The highest BCUT2D eigenvalue weighted by Crippen LogP contribution is 2.67. The fourth-order valence-electron chi connectivity index (χ4n) is 9.93. The van der Waals surface area contributed by atoms with Crippen LogP contribution >= 0.6 is 0 Å². The van der Waals surface area contributed by atoms with Gasteiger partial charge in [0.1, 0.15) is 5.78 Å². The first-order valence-electron chi connectivity index (χ1n) is 14.2. The van der Waals surface area contributed by atoms with Gasteiger partial charge in [-0.25, -0.2) is 0 Å². The molecule has 9 atom stereocenters. The average Bonchev–Trinajstić information content (AvgIpc) is 3.02. The highest BCUT2D eigenvalue weighted by atomic mass is 16.1. The molecule has 0 aromatic carbocycles. The zero-order valence-corrected chi connectivity index (χ0v) is 21.7. The van der Waals surface area contributed by atoms with Crippen molar-refractivity contribution in [2.24, 2.45) is 58.2 Å². The summed E-state index contributed by atoms with van der Waals surface area (Å²) in [6.45, 7) is 15.1. The fraction of sp³-hybridized carbons (Fsp3) is 0.967. The maximum atomic E-state index is 13.1. The number of rotatable bonds is 6. The normalized spacial score (nSPS) is 44.9. The Balaban J connectivity index is 1.51. The van der Waals surface area contributed by atoms with E-state index in [4.69, 9.17) is 0 Å². The molecule has 4 rings (SSSR count). The van der Waals surface area contributed by atoms with Gasteiger partial charge in [0.15, 0.2) is 0 Å². The standard InChI is InChI=1S/C30H52O/c1-7-22(20(2)3)12-11-21(4)26-13-14-27-25-19-24(31)18-23-10-8-9-16-29(23,5)28(25)15-17-30(26,27)6/h20-23,25-28H,7-19H2,1-6H3/t21-,22-,23-,25+,26-,27+,28+,29+,30-/m1/s1. The van der Waals surface area contributed by atoms with E-state index in [-0.39, 0.29) is 0 Å². The van der Waals surface area contributed by atoms with E-state index in [0.717, 1.165) is 48.3 Å². The van der Waals surface area contributed by atoms with Crippen molar-refractivity contribution in [2.45, 2.75) is 125 Å². The molecule has 1 nitrogen and oxygen atoms in total. The van der Waals surface area contributed by atoms with Gasteiger partial charge in [-0.2, -0.15) is 0 Å². The molecule has 4 saturated carbocycles. The van der Waals surface area contributed by atoms with E-state index in [0.29, 0.717) is 28.4 Å². The largest absolute Gasteiger partial charge is 0.300 e. The lowest BCUT2D eigenvalue weighted by atomic mass is 9.49. The first kappa shape index (κ1) is 23.8. The molecule has 1 heteroatoms. The second kappa shape index (κ2) is 9.13. The van der Waals surface area contributed by atoms with Crippen molar-refractivity contribution in [3.63, 3.8) is 0 Å². The molecule has 4 aliphatic carbocycles. The number of fused-ring (bicyclic) bond motifs is 5. The number of ketones is 1. The number of hydrogen-bond donors (Lipinski definition) is 0. The minimum Gasteiger partial charge on any atom is -0.300 e. The summed E-state index contributed by atoms with van der Waals surface area (Å²) in [6, 6.07) is 0. The molecule has 4 fully saturated rings. The van der Waals surface area contributed by atoms with Crippen LogP contribution in [0, 0.1) is 58.2 Å². The first-order chi connectivity index (χ1) is 14.7. The first-order valence-corrected chi connectivity index (χ1v) is 14.2. The van der Waals surface area contributed by atoms with Gasteiger partial charge in [-0.15, -0.1) is 0 Å². The Labute approximate surface area is 193 Å². The molecule has 0 spiro atoms. The van der Waals surface area contributed by atoms with Gasteiger partial charge in [0.05, 0.1) is 0 Å². The van der Waals surface area contributed by atoms with E-state index in [1.165, 1.54) is 70.6 Å². The Morgan fingerprint density at radius 1 is 0.871 bits per heavy atom. The van der Waals surface area contributed by atoms with Crippen molar-refractivity contribution in [1.82, 2.24) is 0 Å². The summed E-state index contributed by atoms with van der Waals surface area (Å²) in [6.07, 6.45) is 17.1. The predicted octanol–water partition coefficient (Wildman–Crippen LogP) is 8.70. The molecule has 0 aliphatic heterocycles. The van der Waals surface area contributed by atoms with Crippen molar-refractivity contribution < 1.29 is 4.79 Å². The third-order valence-electron chi connectivity index (χ3n) is 11.9. The van der Waals surface area contributed by atoms with E-state index in [1.807, 2.05) is 0 Å². The smallest absolute Gasteiger partial charge is 0.133 e. The summed E-state index contributed by atoms with van der Waals surface area (Å²) < 4.78 is 0. The maximum absolute atomic E-state index is 13.1. The Bertz CT molecular complexity index is 636. The molecule has 0 heterocycles. The number of carbonyl (C=O) groups is 1. The van der Waals surface area contributed by atoms with E-state index < -0.39 is 0 Å². The van der Waals surface area contributed by atoms with Crippen molar-refractivity contribution in [3.05, 3.63) is 0 Å². The SMILES string of the molecule is CC[C@H](CC[C@@H](C)[C@H]1CC[C@H]2[C@@H]3CC(=O)C[C@H]4CCCC[C@]4(C)[C@H]3CC[C@]12C)C(C)C. The zero-order valence-electron chi connectivity index (χ0n) is 21.7. The van der Waals surface area contributed by atoms with Crippen LogP contribution in [-0.4, -0.2) is 5.78 Å². The van der Waals surface area contributed by atoms with Crippen LogP contribution in [0.2, 0.25) is 0 Å². The Kier molecular flexibility index (Phi) is 7.02. The Morgan fingerprint density at radius 2 is 1.61 bits per heavy atom. The van der Waals surface area contributed by atoms with Gasteiger partial charge in [0.2, 0.25) is 0 Å². The quantitative estimate of drug-likeness (QED) is 0.413. The lowest BCUT2D eigenvalue weighted by molar-refractivity contribution is -0.121. The lowest BCUT2D eigenvalue weighted by Gasteiger charge is -2.56. The third-order valence-corrected chi connectivity index (χ3v) is 11.9. The van der Waals surface area contributed by atoms with E-state index in [9.17, 15) is 4.79 Å². The lowest BCUT2D eigenvalue weighted by Crippen LogP contribution is -2.49. The van der Waals surface area contributed by atoms with Crippen LogP contribution in [0.1, 0.15) is 125 Å². The zero-order chi connectivity index (χ0) is 22.4. The van der Waals surface area contributed by atoms with E-state index in [2.05, 4.69) is 41.5 Å². The van der Waals surface area contributed by atoms with Crippen molar-refractivity contribution >= 4 is 5.78 Å². The van der Waals surface area contributed by atoms with Crippen LogP contribution < -0.4 is 0 Å². The number of carbonyl (C=O) groups excluding carboxylic acids is 1. The van der Waals surface area contributed by atoms with E-state index >= 15 is 0 Å². The summed E-state index contributed by atoms with van der Waals surface area (Å²) in [7, 11) is 0. The molecule has 0 N–H and O–H groups in total. The second-order valence-corrected chi connectivity index (χ2v) is 13.5. The molecule has 0 unspecified atom stereocenters. The topological polar surface area (TPSA) is 17.1 Å². The second-order valence-electron chi connectivity index (χ2n) is 13.5. The summed E-state index contributed by atoms with van der Waals surface area (Å²) in [5, 5.41) is 0. The highest BCUT2D eigenvalue weighted by Gasteiger charge is 2.59. The van der Waals surface area contributed by atoms with Gasteiger partial charge >= 0.3 is 0 Å². The van der Waals surface area contributed by atoms with Gasteiger partial charge in [0.25, 0.3) is 0 Å². The summed E-state index contributed by atoms with van der Waals surface area (Å²) in [5.74, 6) is 7.08. The summed E-state index contributed by atoms with van der Waals surface area (Å²) >= 11 is 0. The molecule has 4 aliphatic rings. The predicted molar refractivity (Wildman–Crippen MR) is 132 cm³/mol. The van der Waals surface area contributed by atoms with Gasteiger partial charge in [-0.3, -0.25) is 4.79 Å². The van der Waals surface area contributed by atoms with Gasteiger partial charge < -0.3 is 0 Å².